The van der Waals surface area contributed by atoms with Crippen molar-refractivity contribution in [2.75, 3.05) is 52.4 Å². The number of likely N-dealkylation sites (tertiary alicyclic amines) is 1. The molecule has 1 aromatic heterocycles. The number of ether oxygens (including phenoxy) is 1. The zero-order chi connectivity index (χ0) is 20.6. The molecule has 2 amide bonds. The molecular formula is C21H34N4O3S. The first-order valence-electron chi connectivity index (χ1n) is 10.7. The molecule has 0 aliphatic carbocycles. The lowest BCUT2D eigenvalue weighted by Gasteiger charge is -2.34. The molecule has 3 rings (SSSR count). The third-order valence-electron chi connectivity index (χ3n) is 5.45. The number of hydrogen-bond acceptors (Lipinski definition) is 6. The predicted octanol–water partition coefficient (Wildman–Crippen LogP) is 1.42. The number of morpholine rings is 1. The molecule has 8 heteroatoms. The van der Waals surface area contributed by atoms with Crippen LogP contribution in [-0.4, -0.2) is 86.2 Å². The van der Waals surface area contributed by atoms with Crippen molar-refractivity contribution in [3.63, 3.8) is 0 Å². The van der Waals surface area contributed by atoms with E-state index >= 15 is 0 Å². The Morgan fingerprint density at radius 1 is 1.24 bits per heavy atom. The second-order valence-electron chi connectivity index (χ2n) is 8.49. The first kappa shape index (κ1) is 22.2. The van der Waals surface area contributed by atoms with Gasteiger partial charge in [-0.15, -0.1) is 0 Å². The summed E-state index contributed by atoms with van der Waals surface area (Å²) in [6.45, 7) is 10.7. The fourth-order valence-electron chi connectivity index (χ4n) is 3.97. The molecule has 0 bridgehead atoms. The van der Waals surface area contributed by atoms with E-state index in [9.17, 15) is 9.59 Å². The van der Waals surface area contributed by atoms with Gasteiger partial charge in [-0.2, -0.15) is 11.3 Å². The molecule has 2 N–H and O–H groups in total. The predicted molar refractivity (Wildman–Crippen MR) is 115 cm³/mol. The van der Waals surface area contributed by atoms with E-state index < -0.39 is 0 Å². The topological polar surface area (TPSA) is 73.9 Å². The zero-order valence-electron chi connectivity index (χ0n) is 17.6. The van der Waals surface area contributed by atoms with E-state index in [0.717, 1.165) is 57.7 Å². The van der Waals surface area contributed by atoms with Crippen molar-refractivity contribution >= 4 is 23.2 Å². The van der Waals surface area contributed by atoms with Crippen molar-refractivity contribution in [3.05, 3.63) is 22.4 Å². The molecule has 1 atom stereocenters. The number of hydrogen-bond donors (Lipinski definition) is 2. The van der Waals surface area contributed by atoms with Gasteiger partial charge in [0.15, 0.2) is 0 Å². The Morgan fingerprint density at radius 2 is 2.03 bits per heavy atom. The van der Waals surface area contributed by atoms with Crippen molar-refractivity contribution in [3.8, 4) is 0 Å². The number of nitrogens with zero attached hydrogens (tertiary/aromatic N) is 2. The molecule has 2 aliphatic rings. The average molecular weight is 423 g/mol. The van der Waals surface area contributed by atoms with E-state index in [1.807, 2.05) is 16.8 Å². The van der Waals surface area contributed by atoms with Crippen LogP contribution in [0, 0.1) is 5.92 Å². The second-order valence-corrected chi connectivity index (χ2v) is 9.27. The lowest BCUT2D eigenvalue weighted by molar-refractivity contribution is -0.123. The molecule has 0 aromatic carbocycles. The van der Waals surface area contributed by atoms with Crippen molar-refractivity contribution in [1.82, 2.24) is 20.4 Å². The van der Waals surface area contributed by atoms with Crippen LogP contribution in [0.4, 0.5) is 0 Å². The summed E-state index contributed by atoms with van der Waals surface area (Å²) in [5.74, 6) is 0.693. The van der Waals surface area contributed by atoms with Crippen LogP contribution in [0.2, 0.25) is 0 Å². The smallest absolute Gasteiger partial charge is 0.252 e. The van der Waals surface area contributed by atoms with Gasteiger partial charge in [0.05, 0.1) is 19.3 Å². The highest BCUT2D eigenvalue weighted by Gasteiger charge is 2.24. The van der Waals surface area contributed by atoms with Crippen LogP contribution in [0.25, 0.3) is 0 Å². The molecule has 1 aromatic rings. The standard InChI is InChI=1S/C21H34N4O3S/c1-16(2)12-25-8-9-28-19(13-25)11-22-20(26)14-24-6-3-18(4-7-24)23-21(27)17-5-10-29-15-17/h5,10,15-16,18-19H,3-4,6-9,11-14H2,1-2H3,(H,22,26)(H,23,27). The summed E-state index contributed by atoms with van der Waals surface area (Å²) in [7, 11) is 0. The summed E-state index contributed by atoms with van der Waals surface area (Å²) in [6, 6.07) is 2.03. The normalized spacial score (nSPS) is 22.0. The summed E-state index contributed by atoms with van der Waals surface area (Å²) in [5.41, 5.74) is 0.730. The lowest BCUT2D eigenvalue weighted by Crippen LogP contribution is -2.50. The van der Waals surface area contributed by atoms with Crippen LogP contribution in [0.3, 0.4) is 0 Å². The Bertz CT molecular complexity index is 644. The highest BCUT2D eigenvalue weighted by atomic mass is 32.1. The van der Waals surface area contributed by atoms with Crippen molar-refractivity contribution in [1.29, 1.82) is 0 Å². The third-order valence-corrected chi connectivity index (χ3v) is 6.13. The summed E-state index contributed by atoms with van der Waals surface area (Å²) in [5, 5.41) is 9.92. The number of nitrogens with one attached hydrogen (secondary N) is 2. The molecule has 2 fully saturated rings. The van der Waals surface area contributed by atoms with E-state index in [2.05, 4.69) is 34.3 Å². The van der Waals surface area contributed by atoms with E-state index in [1.54, 1.807) is 0 Å². The molecule has 1 unspecified atom stereocenters. The molecule has 7 nitrogen and oxygen atoms in total. The summed E-state index contributed by atoms with van der Waals surface area (Å²) in [6.07, 6.45) is 1.82. The van der Waals surface area contributed by atoms with Gasteiger partial charge < -0.3 is 15.4 Å². The first-order chi connectivity index (χ1) is 14.0. The average Bonchev–Trinajstić information content (AvgIpc) is 3.23. The summed E-state index contributed by atoms with van der Waals surface area (Å²) in [4.78, 5) is 29.1. The maximum absolute atomic E-state index is 12.3. The largest absolute Gasteiger partial charge is 0.374 e. The van der Waals surface area contributed by atoms with Crippen LogP contribution in [0.1, 0.15) is 37.0 Å². The number of amides is 2. The molecule has 3 heterocycles. The molecule has 162 valence electrons. The monoisotopic (exact) mass is 422 g/mol. The highest BCUT2D eigenvalue weighted by Crippen LogP contribution is 2.12. The van der Waals surface area contributed by atoms with E-state index in [4.69, 9.17) is 4.74 Å². The van der Waals surface area contributed by atoms with Gasteiger partial charge in [0.2, 0.25) is 5.91 Å². The van der Waals surface area contributed by atoms with Crippen molar-refractivity contribution in [2.24, 2.45) is 5.92 Å². The number of carbonyl (C=O) groups excluding carboxylic acids is 2. The molecule has 29 heavy (non-hydrogen) atoms. The van der Waals surface area contributed by atoms with Gasteiger partial charge in [-0.1, -0.05) is 13.8 Å². The van der Waals surface area contributed by atoms with Crippen molar-refractivity contribution < 1.29 is 14.3 Å². The van der Waals surface area contributed by atoms with Gasteiger partial charge in [0.1, 0.15) is 0 Å². The van der Waals surface area contributed by atoms with Crippen LogP contribution in [0.15, 0.2) is 16.8 Å². The molecule has 2 saturated heterocycles. The first-order valence-corrected chi connectivity index (χ1v) is 11.6. The third kappa shape index (κ3) is 7.37. The highest BCUT2D eigenvalue weighted by molar-refractivity contribution is 7.08. The quantitative estimate of drug-likeness (QED) is 0.663. The number of thiophene rings is 1. The second kappa shape index (κ2) is 11.1. The molecular weight excluding hydrogens is 388 g/mol. The Morgan fingerprint density at radius 3 is 2.72 bits per heavy atom. The minimum Gasteiger partial charge on any atom is -0.374 e. The maximum Gasteiger partial charge on any atom is 0.252 e. The summed E-state index contributed by atoms with van der Waals surface area (Å²) < 4.78 is 5.80. The van der Waals surface area contributed by atoms with E-state index in [0.29, 0.717) is 19.0 Å². The van der Waals surface area contributed by atoms with Crippen molar-refractivity contribution in [2.45, 2.75) is 38.8 Å². The SMILES string of the molecule is CC(C)CN1CCOC(CNC(=O)CN2CCC(NC(=O)c3ccsc3)CC2)C1. The van der Waals surface area contributed by atoms with E-state index in [1.165, 1.54) is 11.3 Å². The van der Waals surface area contributed by atoms with Gasteiger partial charge in [-0.3, -0.25) is 19.4 Å². The van der Waals surface area contributed by atoms with Gasteiger partial charge in [0.25, 0.3) is 5.91 Å². The zero-order valence-corrected chi connectivity index (χ0v) is 18.4. The lowest BCUT2D eigenvalue weighted by atomic mass is 10.0. The van der Waals surface area contributed by atoms with Gasteiger partial charge in [-0.05, 0) is 30.2 Å². The minimum absolute atomic E-state index is 0.00133. The molecule has 0 saturated carbocycles. The van der Waals surface area contributed by atoms with Crippen LogP contribution in [0.5, 0.6) is 0 Å². The number of carbonyl (C=O) groups is 2. The van der Waals surface area contributed by atoms with Crippen LogP contribution < -0.4 is 10.6 Å². The summed E-state index contributed by atoms with van der Waals surface area (Å²) >= 11 is 1.53. The maximum atomic E-state index is 12.3. The van der Waals surface area contributed by atoms with Crippen LogP contribution in [-0.2, 0) is 9.53 Å². The fraction of sp³-hybridized carbons (Fsp3) is 0.714. The Kier molecular flexibility index (Phi) is 8.47. The van der Waals surface area contributed by atoms with Gasteiger partial charge in [0, 0.05) is 56.3 Å². The van der Waals surface area contributed by atoms with Crippen LogP contribution >= 0.6 is 11.3 Å². The number of rotatable bonds is 8. The molecule has 2 aliphatic heterocycles. The van der Waals surface area contributed by atoms with Gasteiger partial charge in [-0.25, -0.2) is 0 Å². The molecule has 0 spiro atoms. The van der Waals surface area contributed by atoms with E-state index in [-0.39, 0.29) is 24.0 Å². The fourth-order valence-corrected chi connectivity index (χ4v) is 4.61. The number of piperidine rings is 1. The Hall–Kier alpha value is -1.48. The minimum atomic E-state index is 0.00133. The Balaban J connectivity index is 1.31. The molecule has 0 radical (unpaired) electrons. The van der Waals surface area contributed by atoms with Gasteiger partial charge >= 0.3 is 0 Å². The Labute approximate surface area is 177 Å².